The van der Waals surface area contributed by atoms with Crippen LogP contribution in [0, 0.1) is 0 Å². The van der Waals surface area contributed by atoms with E-state index in [1.165, 1.54) is 4.90 Å². The fourth-order valence-corrected chi connectivity index (χ4v) is 2.31. The summed E-state index contributed by atoms with van der Waals surface area (Å²) in [6.45, 7) is 1.72. The lowest BCUT2D eigenvalue weighted by atomic mass is 10.3. The highest BCUT2D eigenvalue weighted by Crippen LogP contribution is 2.19. The predicted molar refractivity (Wildman–Crippen MR) is 62.4 cm³/mol. The molecule has 2 rings (SSSR count). The Kier molecular flexibility index (Phi) is 3.87. The molecule has 1 N–H and O–H groups in total. The van der Waals surface area contributed by atoms with Gasteiger partial charge in [0.05, 0.1) is 6.61 Å². The average Bonchev–Trinajstić information content (AvgIpc) is 2.70. The van der Waals surface area contributed by atoms with Gasteiger partial charge in [0.1, 0.15) is 0 Å². The Bertz CT molecular complexity index is 285. The van der Waals surface area contributed by atoms with Crippen molar-refractivity contribution in [2.75, 3.05) is 13.2 Å². The molecule has 0 spiro atoms. The summed E-state index contributed by atoms with van der Waals surface area (Å²) in [5, 5.41) is 0. The lowest BCUT2D eigenvalue weighted by molar-refractivity contribution is 0.193. The summed E-state index contributed by atoms with van der Waals surface area (Å²) in [6.07, 6.45) is 1.11. The van der Waals surface area contributed by atoms with E-state index in [9.17, 15) is 0 Å². The number of benzene rings is 1. The number of ether oxygens (including phenoxy) is 1. The van der Waals surface area contributed by atoms with Crippen LogP contribution in [0.4, 0.5) is 0 Å². The maximum Gasteiger partial charge on any atom is 0.0629 e. The molecule has 1 aromatic rings. The van der Waals surface area contributed by atoms with Crippen LogP contribution in [0.1, 0.15) is 6.42 Å². The molecule has 0 aliphatic carbocycles. The van der Waals surface area contributed by atoms with E-state index in [0.717, 1.165) is 24.1 Å². The summed E-state index contributed by atoms with van der Waals surface area (Å²) in [5.41, 5.74) is 0. The lowest BCUT2D eigenvalue weighted by Gasteiger charge is -2.08. The molecule has 1 aliphatic rings. The second-order valence-electron chi connectivity index (χ2n) is 3.23. The molecule has 1 atom stereocenters. The summed E-state index contributed by atoms with van der Waals surface area (Å²) in [4.78, 5) is 1.24. The molecule has 0 amide bonds. The van der Waals surface area contributed by atoms with Gasteiger partial charge in [-0.3, -0.25) is 4.72 Å². The van der Waals surface area contributed by atoms with Crippen LogP contribution in [-0.4, -0.2) is 19.3 Å². The second-order valence-corrected chi connectivity index (χ2v) is 5.06. The van der Waals surface area contributed by atoms with E-state index in [1.54, 1.807) is 11.9 Å². The van der Waals surface area contributed by atoms with E-state index in [4.69, 9.17) is 4.74 Å². The van der Waals surface area contributed by atoms with Crippen LogP contribution in [0.3, 0.4) is 0 Å². The fourth-order valence-electron chi connectivity index (χ4n) is 1.28. The van der Waals surface area contributed by atoms with E-state index in [0.29, 0.717) is 6.04 Å². The molecule has 1 saturated heterocycles. The third-order valence-corrected chi connectivity index (χ3v) is 3.57. The van der Waals surface area contributed by atoms with Gasteiger partial charge in [-0.15, -0.1) is 0 Å². The summed E-state index contributed by atoms with van der Waals surface area (Å²) < 4.78 is 9.79. The molecule has 1 aromatic carbocycles. The molecular weight excluding hydrogens is 262 g/mol. The van der Waals surface area contributed by atoms with Gasteiger partial charge in [0.2, 0.25) is 0 Å². The first-order chi connectivity index (χ1) is 6.84. The summed E-state index contributed by atoms with van der Waals surface area (Å²) in [6, 6.07) is 8.79. The molecule has 1 fully saturated rings. The average molecular weight is 274 g/mol. The molecule has 1 unspecified atom stereocenters. The van der Waals surface area contributed by atoms with Crippen molar-refractivity contribution in [2.45, 2.75) is 17.4 Å². The molecule has 0 radical (unpaired) electrons. The van der Waals surface area contributed by atoms with Gasteiger partial charge >= 0.3 is 0 Å². The number of hydrogen-bond acceptors (Lipinski definition) is 3. The van der Waals surface area contributed by atoms with Gasteiger partial charge in [0.25, 0.3) is 0 Å². The van der Waals surface area contributed by atoms with Gasteiger partial charge in [0.15, 0.2) is 0 Å². The summed E-state index contributed by atoms with van der Waals surface area (Å²) >= 11 is 5.09. The van der Waals surface area contributed by atoms with Crippen LogP contribution in [0.2, 0.25) is 0 Å². The van der Waals surface area contributed by atoms with E-state index < -0.39 is 0 Å². The molecule has 2 nitrogen and oxygen atoms in total. The highest BCUT2D eigenvalue weighted by molar-refractivity contribution is 9.10. The first-order valence-corrected chi connectivity index (χ1v) is 6.21. The van der Waals surface area contributed by atoms with Gasteiger partial charge in [-0.2, -0.15) is 0 Å². The van der Waals surface area contributed by atoms with Crippen molar-refractivity contribution in [2.24, 2.45) is 0 Å². The van der Waals surface area contributed by atoms with Crippen molar-refractivity contribution in [3.8, 4) is 0 Å². The SMILES string of the molecule is Brc1ccc(SNC2CCOC2)cc1. The smallest absolute Gasteiger partial charge is 0.0629 e. The third-order valence-electron chi connectivity index (χ3n) is 2.09. The highest BCUT2D eigenvalue weighted by atomic mass is 79.9. The zero-order valence-electron chi connectivity index (χ0n) is 7.70. The quantitative estimate of drug-likeness (QED) is 0.856. The Labute approximate surface area is 96.7 Å². The Morgan fingerprint density at radius 1 is 1.36 bits per heavy atom. The standard InChI is InChI=1S/C10H12BrNOS/c11-8-1-3-10(4-2-8)14-12-9-5-6-13-7-9/h1-4,9,12H,5-7H2. The van der Waals surface area contributed by atoms with Crippen molar-refractivity contribution in [1.82, 2.24) is 4.72 Å². The topological polar surface area (TPSA) is 21.3 Å². The first kappa shape index (κ1) is 10.5. The van der Waals surface area contributed by atoms with Gasteiger partial charge in [0, 0.05) is 22.0 Å². The van der Waals surface area contributed by atoms with Gasteiger partial charge in [-0.1, -0.05) is 15.9 Å². The van der Waals surface area contributed by atoms with E-state index in [2.05, 4.69) is 44.9 Å². The normalized spacial score (nSPS) is 21.4. The van der Waals surface area contributed by atoms with Crippen LogP contribution in [0.15, 0.2) is 33.6 Å². The van der Waals surface area contributed by atoms with E-state index >= 15 is 0 Å². The summed E-state index contributed by atoms with van der Waals surface area (Å²) in [7, 11) is 0. The van der Waals surface area contributed by atoms with Crippen molar-refractivity contribution < 1.29 is 4.74 Å². The molecule has 76 valence electrons. The lowest BCUT2D eigenvalue weighted by Crippen LogP contribution is -2.22. The Balaban J connectivity index is 1.82. The Morgan fingerprint density at radius 2 is 2.14 bits per heavy atom. The molecule has 4 heteroatoms. The largest absolute Gasteiger partial charge is 0.380 e. The van der Waals surface area contributed by atoms with Crippen LogP contribution in [0.5, 0.6) is 0 Å². The van der Waals surface area contributed by atoms with Gasteiger partial charge in [-0.25, -0.2) is 0 Å². The third kappa shape index (κ3) is 2.98. The van der Waals surface area contributed by atoms with Crippen molar-refractivity contribution in [1.29, 1.82) is 0 Å². The summed E-state index contributed by atoms with van der Waals surface area (Å²) in [5.74, 6) is 0. The number of hydrogen-bond donors (Lipinski definition) is 1. The molecule has 0 saturated carbocycles. The molecule has 1 aliphatic heterocycles. The molecule has 0 bridgehead atoms. The molecule has 0 aromatic heterocycles. The predicted octanol–water partition coefficient (Wildman–Crippen LogP) is 2.83. The van der Waals surface area contributed by atoms with Crippen molar-refractivity contribution >= 4 is 27.9 Å². The minimum Gasteiger partial charge on any atom is -0.380 e. The van der Waals surface area contributed by atoms with E-state index in [-0.39, 0.29) is 0 Å². The second kappa shape index (κ2) is 5.16. The van der Waals surface area contributed by atoms with Crippen LogP contribution in [-0.2, 0) is 4.74 Å². The molecule has 14 heavy (non-hydrogen) atoms. The maximum atomic E-state index is 5.28. The maximum absolute atomic E-state index is 5.28. The minimum absolute atomic E-state index is 0.503. The Hall–Kier alpha value is -0.0300. The van der Waals surface area contributed by atoms with Crippen LogP contribution in [0.25, 0.3) is 0 Å². The first-order valence-electron chi connectivity index (χ1n) is 4.60. The number of halogens is 1. The van der Waals surface area contributed by atoms with Gasteiger partial charge in [-0.05, 0) is 42.6 Å². The highest BCUT2D eigenvalue weighted by Gasteiger charge is 2.14. The zero-order valence-corrected chi connectivity index (χ0v) is 10.1. The number of rotatable bonds is 3. The number of nitrogens with one attached hydrogen (secondary N) is 1. The molecular formula is C10H12BrNOS. The molecule has 1 heterocycles. The van der Waals surface area contributed by atoms with Gasteiger partial charge < -0.3 is 4.74 Å². The fraction of sp³-hybridized carbons (Fsp3) is 0.400. The minimum atomic E-state index is 0.503. The van der Waals surface area contributed by atoms with Crippen LogP contribution >= 0.6 is 27.9 Å². The van der Waals surface area contributed by atoms with Crippen molar-refractivity contribution in [3.05, 3.63) is 28.7 Å². The Morgan fingerprint density at radius 3 is 2.79 bits per heavy atom. The zero-order chi connectivity index (χ0) is 9.80. The van der Waals surface area contributed by atoms with Crippen LogP contribution < -0.4 is 4.72 Å². The van der Waals surface area contributed by atoms with E-state index in [1.807, 2.05) is 0 Å². The monoisotopic (exact) mass is 273 g/mol. The van der Waals surface area contributed by atoms with Crippen molar-refractivity contribution in [3.63, 3.8) is 0 Å².